The first-order valence-corrected chi connectivity index (χ1v) is 10.4. The molecule has 1 aliphatic heterocycles. The van der Waals surface area contributed by atoms with E-state index in [-0.39, 0.29) is 12.6 Å². The van der Waals surface area contributed by atoms with Gasteiger partial charge in [0.2, 0.25) is 0 Å². The summed E-state index contributed by atoms with van der Waals surface area (Å²) in [6.07, 6.45) is 3.36. The van der Waals surface area contributed by atoms with Gasteiger partial charge in [0.1, 0.15) is 6.04 Å². The molecule has 0 spiro atoms. The third-order valence-electron chi connectivity index (χ3n) is 5.89. The summed E-state index contributed by atoms with van der Waals surface area (Å²) in [6.45, 7) is 10.1. The van der Waals surface area contributed by atoms with Gasteiger partial charge in [0.15, 0.2) is 0 Å². The summed E-state index contributed by atoms with van der Waals surface area (Å²) in [4.78, 5) is 3.62. The van der Waals surface area contributed by atoms with Crippen LogP contribution in [-0.4, -0.2) is 66.4 Å². The Kier molecular flexibility index (Phi) is 8.23. The Morgan fingerprint density at radius 3 is 2.19 bits per heavy atom. The fourth-order valence-electron chi connectivity index (χ4n) is 4.51. The molecule has 0 aromatic carbocycles. The minimum Gasteiger partial charge on any atom is -0.376 e. The van der Waals surface area contributed by atoms with Crippen molar-refractivity contribution in [2.45, 2.75) is 96.7 Å². The molecule has 1 saturated heterocycles. The predicted molar refractivity (Wildman–Crippen MR) is 99.3 cm³/mol. The molecular weight excluding hydrogens is 341 g/mol. The summed E-state index contributed by atoms with van der Waals surface area (Å²) >= 11 is 0. The highest BCUT2D eigenvalue weighted by Gasteiger charge is 2.46. The Morgan fingerprint density at radius 2 is 1.65 bits per heavy atom. The molecule has 2 fully saturated rings. The molecule has 0 unspecified atom stereocenters. The lowest BCUT2D eigenvalue weighted by molar-refractivity contribution is -0.202. The summed E-state index contributed by atoms with van der Waals surface area (Å²) < 4.78 is 46.0. The van der Waals surface area contributed by atoms with Gasteiger partial charge in [-0.1, -0.05) is 0 Å². The lowest BCUT2D eigenvalue weighted by Crippen LogP contribution is -2.60. The Hall–Kier alpha value is -0.330. The van der Waals surface area contributed by atoms with Crippen LogP contribution in [0.3, 0.4) is 0 Å². The first kappa shape index (κ1) is 22.0. The quantitative estimate of drug-likeness (QED) is 0.638. The third-order valence-corrected chi connectivity index (χ3v) is 5.89. The normalized spacial score (nSPS) is 29.7. The van der Waals surface area contributed by atoms with Gasteiger partial charge in [-0.3, -0.25) is 4.90 Å². The first-order valence-electron chi connectivity index (χ1n) is 10.4. The molecule has 26 heavy (non-hydrogen) atoms. The number of halogens is 3. The topological polar surface area (TPSA) is 15.7 Å². The number of piperazine rings is 1. The average molecular weight is 379 g/mol. The second-order valence-electron chi connectivity index (χ2n) is 8.66. The number of hydrogen-bond acceptors (Lipinski definition) is 3. The van der Waals surface area contributed by atoms with Gasteiger partial charge in [0, 0.05) is 25.7 Å². The van der Waals surface area contributed by atoms with E-state index in [1.807, 2.05) is 18.7 Å². The molecule has 0 bridgehead atoms. The number of ether oxygens (including phenoxy) is 1. The highest BCUT2D eigenvalue weighted by atomic mass is 19.4. The Balaban J connectivity index is 1.70. The molecular formula is C20H37F3N2O. The van der Waals surface area contributed by atoms with Crippen LogP contribution in [0, 0.1) is 5.92 Å². The lowest BCUT2D eigenvalue weighted by Gasteiger charge is -2.44. The van der Waals surface area contributed by atoms with Gasteiger partial charge in [-0.25, -0.2) is 0 Å². The molecule has 3 nitrogen and oxygen atoms in total. The summed E-state index contributed by atoms with van der Waals surface area (Å²) in [5.41, 5.74) is 0. The molecule has 2 aliphatic rings. The summed E-state index contributed by atoms with van der Waals surface area (Å²) in [7, 11) is 0. The number of hydrogen-bond donors (Lipinski definition) is 0. The monoisotopic (exact) mass is 378 g/mol. The largest absolute Gasteiger partial charge is 0.405 e. The van der Waals surface area contributed by atoms with Crippen molar-refractivity contribution in [1.82, 2.24) is 9.80 Å². The van der Waals surface area contributed by atoms with E-state index in [9.17, 15) is 13.2 Å². The van der Waals surface area contributed by atoms with Crippen molar-refractivity contribution in [2.24, 2.45) is 5.92 Å². The molecule has 154 valence electrons. The van der Waals surface area contributed by atoms with Gasteiger partial charge in [-0.05, 0) is 78.7 Å². The number of nitrogens with zero attached hydrogens (tertiary/aromatic N) is 2. The van der Waals surface area contributed by atoms with Gasteiger partial charge in [0.25, 0.3) is 0 Å². The molecule has 1 saturated carbocycles. The van der Waals surface area contributed by atoms with Crippen molar-refractivity contribution < 1.29 is 17.9 Å². The van der Waals surface area contributed by atoms with Crippen LogP contribution in [0.5, 0.6) is 0 Å². The van der Waals surface area contributed by atoms with Crippen LogP contribution in [0.4, 0.5) is 13.2 Å². The maximum absolute atomic E-state index is 13.4. The molecule has 0 aromatic heterocycles. The highest BCUT2D eigenvalue weighted by molar-refractivity contribution is 4.89. The molecule has 0 N–H and O–H groups in total. The molecule has 1 heterocycles. The Morgan fingerprint density at radius 1 is 1.00 bits per heavy atom. The fraction of sp³-hybridized carbons (Fsp3) is 1.00. The number of rotatable bonds is 7. The van der Waals surface area contributed by atoms with Crippen molar-refractivity contribution >= 4 is 0 Å². The maximum atomic E-state index is 13.4. The van der Waals surface area contributed by atoms with E-state index in [4.69, 9.17) is 4.74 Å². The molecule has 0 aromatic rings. The van der Waals surface area contributed by atoms with Gasteiger partial charge >= 0.3 is 6.18 Å². The van der Waals surface area contributed by atoms with Crippen LogP contribution in [-0.2, 0) is 4.74 Å². The second kappa shape index (κ2) is 9.74. The van der Waals surface area contributed by atoms with Gasteiger partial charge in [-0.2, -0.15) is 13.2 Å². The Labute approximate surface area is 157 Å². The van der Waals surface area contributed by atoms with E-state index in [0.717, 1.165) is 44.7 Å². The Bertz CT molecular complexity index is 406. The molecule has 0 radical (unpaired) electrons. The first-order chi connectivity index (χ1) is 12.2. The van der Waals surface area contributed by atoms with Gasteiger partial charge in [0.05, 0.1) is 12.2 Å². The minimum atomic E-state index is -4.14. The second-order valence-corrected chi connectivity index (χ2v) is 8.66. The standard InChI is InChI=1S/C20H37F3N2O/c1-15(2)25-13-12-24(14-19(25)20(21,22)23)11-5-6-17-7-9-18(10-8-17)26-16(3)4/h15-19H,5-14H2,1-4H3/t17?,18?,19-/m1/s1. The minimum absolute atomic E-state index is 0.0629. The van der Waals surface area contributed by atoms with Crippen LogP contribution >= 0.6 is 0 Å². The average Bonchev–Trinajstić information content (AvgIpc) is 2.55. The van der Waals surface area contributed by atoms with E-state index in [1.54, 1.807) is 4.90 Å². The van der Waals surface area contributed by atoms with Crippen LogP contribution in [0.15, 0.2) is 0 Å². The van der Waals surface area contributed by atoms with Crippen LogP contribution < -0.4 is 0 Å². The van der Waals surface area contributed by atoms with Crippen molar-refractivity contribution in [3.8, 4) is 0 Å². The van der Waals surface area contributed by atoms with Gasteiger partial charge in [-0.15, -0.1) is 0 Å². The molecule has 6 heteroatoms. The fourth-order valence-corrected chi connectivity index (χ4v) is 4.51. The molecule has 1 atom stereocenters. The van der Waals surface area contributed by atoms with Crippen LogP contribution in [0.2, 0.25) is 0 Å². The number of alkyl halides is 3. The molecule has 2 rings (SSSR count). The predicted octanol–water partition coefficient (Wildman–Crippen LogP) is 4.71. The van der Waals surface area contributed by atoms with E-state index in [0.29, 0.717) is 18.8 Å². The van der Waals surface area contributed by atoms with E-state index in [2.05, 4.69) is 13.8 Å². The summed E-state index contributed by atoms with van der Waals surface area (Å²) in [6, 6.07) is -1.38. The van der Waals surface area contributed by atoms with Gasteiger partial charge < -0.3 is 9.64 Å². The lowest BCUT2D eigenvalue weighted by atomic mass is 9.84. The van der Waals surface area contributed by atoms with Crippen molar-refractivity contribution in [3.05, 3.63) is 0 Å². The SMILES string of the molecule is CC(C)OC1CCC(CCCN2CCN(C(C)C)[C@@H](C(F)(F)F)C2)CC1. The maximum Gasteiger partial charge on any atom is 0.405 e. The van der Waals surface area contributed by atoms with Crippen molar-refractivity contribution in [2.75, 3.05) is 26.2 Å². The zero-order valence-electron chi connectivity index (χ0n) is 16.9. The zero-order chi connectivity index (χ0) is 19.3. The van der Waals surface area contributed by atoms with E-state index < -0.39 is 12.2 Å². The van der Waals surface area contributed by atoms with Crippen LogP contribution in [0.25, 0.3) is 0 Å². The van der Waals surface area contributed by atoms with E-state index in [1.165, 1.54) is 12.8 Å². The zero-order valence-corrected chi connectivity index (χ0v) is 16.9. The highest BCUT2D eigenvalue weighted by Crippen LogP contribution is 2.31. The van der Waals surface area contributed by atoms with E-state index >= 15 is 0 Å². The molecule has 1 aliphatic carbocycles. The van der Waals surface area contributed by atoms with Crippen LogP contribution in [0.1, 0.15) is 66.2 Å². The van der Waals surface area contributed by atoms with Crippen molar-refractivity contribution in [1.29, 1.82) is 0 Å². The third kappa shape index (κ3) is 6.68. The van der Waals surface area contributed by atoms with Crippen molar-refractivity contribution in [3.63, 3.8) is 0 Å². The molecule has 0 amide bonds. The summed E-state index contributed by atoms with van der Waals surface area (Å²) in [5, 5.41) is 0. The summed E-state index contributed by atoms with van der Waals surface area (Å²) in [5.74, 6) is 0.720. The smallest absolute Gasteiger partial charge is 0.376 e.